The Bertz CT molecular complexity index is 642. The van der Waals surface area contributed by atoms with Gasteiger partial charge >= 0.3 is 33.1 Å². The van der Waals surface area contributed by atoms with Crippen molar-refractivity contribution in [3.63, 3.8) is 0 Å². The third-order valence-corrected chi connectivity index (χ3v) is 3.80. The molecule has 0 saturated carbocycles. The first-order chi connectivity index (χ1) is 13.3. The van der Waals surface area contributed by atoms with E-state index in [0.29, 0.717) is 0 Å². The van der Waals surface area contributed by atoms with Crippen molar-refractivity contribution in [2.75, 3.05) is 0 Å². The smallest absolute Gasteiger partial charge is 0.545 e. The molecule has 0 aromatic rings. The van der Waals surface area contributed by atoms with Gasteiger partial charge in [0.25, 0.3) is 0 Å². The van der Waals surface area contributed by atoms with Crippen molar-refractivity contribution in [1.29, 1.82) is 0 Å². The Kier molecular flexibility index (Phi) is 12.3. The summed E-state index contributed by atoms with van der Waals surface area (Å²) in [6, 6.07) is 0. The lowest BCUT2D eigenvalue weighted by atomic mass is 10.4. The van der Waals surface area contributed by atoms with Crippen LogP contribution in [0.1, 0.15) is 20.8 Å². The van der Waals surface area contributed by atoms with Crippen LogP contribution in [-0.2, 0) is 25.7 Å². The number of carbonyl (C=O) groups is 3. The summed E-state index contributed by atoms with van der Waals surface area (Å²) in [6.07, 6.45) is 11.6. The molecule has 0 heterocycles. The molecular formula is C18H21AlO9. The molecule has 9 nitrogen and oxygen atoms in total. The van der Waals surface area contributed by atoms with Crippen molar-refractivity contribution in [3.05, 3.63) is 72.0 Å². The second-order valence-electron chi connectivity index (χ2n) is 4.74. The summed E-state index contributed by atoms with van der Waals surface area (Å²) in [6.45, 7) is 4.90. The highest BCUT2D eigenvalue weighted by atomic mass is 27.3. The summed E-state index contributed by atoms with van der Waals surface area (Å²) in [5, 5.41) is 28.7. The molecule has 0 rings (SSSR count). The third kappa shape index (κ3) is 10.1. The van der Waals surface area contributed by atoms with Crippen LogP contribution < -0.4 is 0 Å². The van der Waals surface area contributed by atoms with Crippen molar-refractivity contribution in [1.82, 2.24) is 0 Å². The van der Waals surface area contributed by atoms with E-state index >= 15 is 0 Å². The second kappa shape index (κ2) is 13.9. The minimum atomic E-state index is -3.90. The zero-order valence-corrected chi connectivity index (χ0v) is 16.7. The van der Waals surface area contributed by atoms with Crippen molar-refractivity contribution < 1.29 is 41.1 Å². The highest BCUT2D eigenvalue weighted by Crippen LogP contribution is 2.06. The molecular weight excluding hydrogens is 387 g/mol. The first kappa shape index (κ1) is 24.8. The predicted molar refractivity (Wildman–Crippen MR) is 101 cm³/mol. The van der Waals surface area contributed by atoms with Crippen LogP contribution in [0.5, 0.6) is 0 Å². The fraction of sp³-hybridized carbons (Fsp3) is 0.167. The van der Waals surface area contributed by atoms with Gasteiger partial charge in [-0.15, -0.1) is 0 Å². The summed E-state index contributed by atoms with van der Waals surface area (Å²) in [5.74, 6) is -6.52. The standard InChI is InChI=1S/3C6H8O3.Al/c3*1-2-3-4-5(7)6(8)9;/h3*2-4,7H,1H3,(H,8,9);/q;;;+3/p-3/b3*3-2+,5-4-;. The predicted octanol–water partition coefficient (Wildman–Crippen LogP) is 2.65. The zero-order valence-electron chi connectivity index (χ0n) is 15.6. The van der Waals surface area contributed by atoms with Crippen molar-refractivity contribution >= 4 is 33.1 Å². The molecule has 0 aliphatic carbocycles. The number of aliphatic hydroxyl groups excluding tert-OH is 3. The van der Waals surface area contributed by atoms with Crippen LogP contribution in [0.4, 0.5) is 0 Å². The number of hydrogen-bond donors (Lipinski definition) is 3. The maximum atomic E-state index is 11.8. The summed E-state index contributed by atoms with van der Waals surface area (Å²) >= 11 is -3.90. The summed E-state index contributed by atoms with van der Waals surface area (Å²) in [5.41, 5.74) is 0. The number of aliphatic hydroxyl groups is 3. The van der Waals surface area contributed by atoms with Gasteiger partial charge in [-0.05, 0) is 39.0 Å². The minimum Gasteiger partial charge on any atom is -0.545 e. The highest BCUT2D eigenvalue weighted by molar-refractivity contribution is 6.45. The molecule has 0 atom stereocenters. The van der Waals surface area contributed by atoms with Crippen LogP contribution in [0, 0.1) is 0 Å². The Morgan fingerprint density at radius 1 is 0.607 bits per heavy atom. The van der Waals surface area contributed by atoms with Crippen molar-refractivity contribution in [2.24, 2.45) is 0 Å². The quantitative estimate of drug-likeness (QED) is 0.227. The molecule has 0 radical (unpaired) electrons. The Morgan fingerprint density at radius 3 is 1.07 bits per heavy atom. The van der Waals surface area contributed by atoms with Gasteiger partial charge in [0, 0.05) is 0 Å². The van der Waals surface area contributed by atoms with E-state index < -0.39 is 50.3 Å². The van der Waals surface area contributed by atoms with Gasteiger partial charge < -0.3 is 26.7 Å². The molecule has 0 aromatic carbocycles. The lowest BCUT2D eigenvalue weighted by Crippen LogP contribution is -2.36. The molecule has 3 N–H and O–H groups in total. The molecule has 150 valence electrons. The van der Waals surface area contributed by atoms with E-state index in [9.17, 15) is 29.7 Å². The second-order valence-corrected chi connectivity index (χ2v) is 6.02. The fourth-order valence-electron chi connectivity index (χ4n) is 1.28. The lowest BCUT2D eigenvalue weighted by molar-refractivity contribution is -0.146. The molecule has 0 bridgehead atoms. The molecule has 10 heteroatoms. The Hall–Kier alpha value is -3.22. The van der Waals surface area contributed by atoms with Crippen LogP contribution in [0.15, 0.2) is 72.0 Å². The van der Waals surface area contributed by atoms with Crippen LogP contribution in [0.25, 0.3) is 0 Å². The van der Waals surface area contributed by atoms with Gasteiger partial charge in [-0.25, -0.2) is 14.4 Å². The van der Waals surface area contributed by atoms with E-state index in [4.69, 9.17) is 11.4 Å². The van der Waals surface area contributed by atoms with Crippen LogP contribution >= 0.6 is 0 Å². The number of allylic oxidation sites excluding steroid dienone is 9. The normalized spacial score (nSPS) is 13.2. The molecule has 28 heavy (non-hydrogen) atoms. The van der Waals surface area contributed by atoms with Gasteiger partial charge in [-0.1, -0.05) is 36.5 Å². The van der Waals surface area contributed by atoms with E-state index in [0.717, 1.165) is 18.2 Å². The van der Waals surface area contributed by atoms with Gasteiger partial charge in [0.15, 0.2) is 17.3 Å². The van der Waals surface area contributed by atoms with Crippen LogP contribution in [0.3, 0.4) is 0 Å². The van der Waals surface area contributed by atoms with Gasteiger partial charge in [0.05, 0.1) is 0 Å². The number of rotatable bonds is 9. The minimum absolute atomic E-state index is 0.843. The molecule has 0 aliphatic heterocycles. The Balaban J connectivity index is 5.44. The van der Waals surface area contributed by atoms with Gasteiger partial charge in [-0.2, -0.15) is 0 Å². The van der Waals surface area contributed by atoms with Gasteiger partial charge in [-0.3, -0.25) is 0 Å². The molecule has 0 saturated heterocycles. The third-order valence-electron chi connectivity index (χ3n) is 2.58. The van der Waals surface area contributed by atoms with Crippen LogP contribution in [-0.4, -0.2) is 48.4 Å². The highest BCUT2D eigenvalue weighted by Gasteiger charge is 2.50. The van der Waals surface area contributed by atoms with Crippen molar-refractivity contribution in [3.8, 4) is 0 Å². The maximum absolute atomic E-state index is 11.8. The van der Waals surface area contributed by atoms with E-state index in [2.05, 4.69) is 0 Å². The first-order valence-electron chi connectivity index (χ1n) is 7.95. The number of carbonyl (C=O) groups excluding carboxylic acids is 3. The largest absolute Gasteiger partial charge is 1.20 e. The van der Waals surface area contributed by atoms with E-state index in [1.807, 2.05) is 0 Å². The van der Waals surface area contributed by atoms with Gasteiger partial charge in [0.2, 0.25) is 0 Å². The monoisotopic (exact) mass is 408 g/mol. The average molecular weight is 408 g/mol. The SMILES string of the molecule is C/C=C/C=C(\O)C(=O)[O][Al]([O]C(=O)/C(O)=C/C=C/C)[O]C(=O)/C(O)=C/C=C/C. The van der Waals surface area contributed by atoms with Crippen LogP contribution in [0.2, 0.25) is 0 Å². The topological polar surface area (TPSA) is 140 Å². The zero-order chi connectivity index (χ0) is 21.5. The van der Waals surface area contributed by atoms with E-state index in [1.54, 1.807) is 20.8 Å². The molecule has 0 aromatic heterocycles. The maximum Gasteiger partial charge on any atom is 1.20 e. The Labute approximate surface area is 167 Å². The summed E-state index contributed by atoms with van der Waals surface area (Å²) in [7, 11) is 0. The first-order valence-corrected chi connectivity index (χ1v) is 9.36. The van der Waals surface area contributed by atoms with Gasteiger partial charge in [0.1, 0.15) is 0 Å². The fourth-order valence-corrected chi connectivity index (χ4v) is 2.31. The molecule has 0 spiro atoms. The molecule has 0 fully saturated rings. The molecule has 0 aliphatic rings. The van der Waals surface area contributed by atoms with E-state index in [1.165, 1.54) is 36.5 Å². The average Bonchev–Trinajstić information content (AvgIpc) is 2.67. The molecule has 0 amide bonds. The van der Waals surface area contributed by atoms with E-state index in [-0.39, 0.29) is 0 Å². The molecule has 0 unspecified atom stereocenters. The Morgan fingerprint density at radius 2 is 0.857 bits per heavy atom. The summed E-state index contributed by atoms with van der Waals surface area (Å²) in [4.78, 5) is 35.4. The number of hydrogen-bond acceptors (Lipinski definition) is 9. The van der Waals surface area contributed by atoms with Crippen molar-refractivity contribution in [2.45, 2.75) is 20.8 Å². The summed E-state index contributed by atoms with van der Waals surface area (Å²) < 4.78 is 14.1. The lowest BCUT2D eigenvalue weighted by Gasteiger charge is -2.12.